The van der Waals surface area contributed by atoms with Gasteiger partial charge in [0.2, 0.25) is 5.88 Å². The van der Waals surface area contributed by atoms with Gasteiger partial charge in [-0.3, -0.25) is 14.5 Å². The second-order valence-electron chi connectivity index (χ2n) is 14.1. The van der Waals surface area contributed by atoms with Crippen molar-refractivity contribution < 1.29 is 28.2 Å². The summed E-state index contributed by atoms with van der Waals surface area (Å²) in [5, 5.41) is 0.593. The molecule has 5 rings (SSSR count). The maximum absolute atomic E-state index is 12.6. The number of nitrogens with zero attached hydrogens (tertiary/aromatic N) is 2. The van der Waals surface area contributed by atoms with Crippen molar-refractivity contribution >= 4 is 31.7 Å². The fraction of sp³-hybridized carbons (Fsp3) is 0.405. The highest BCUT2D eigenvalue weighted by atomic mass is 35.5. The lowest BCUT2D eigenvalue weighted by Gasteiger charge is -2.42. The number of pyridine rings is 1. The van der Waals surface area contributed by atoms with Gasteiger partial charge in [-0.25, -0.2) is 4.98 Å². The Labute approximate surface area is 314 Å². The summed E-state index contributed by atoms with van der Waals surface area (Å²) in [4.78, 5) is 30.8. The summed E-state index contributed by atoms with van der Waals surface area (Å²) in [6, 6.07) is 24.4. The minimum atomic E-state index is -1.94. The Bertz CT molecular complexity index is 1760. The molecule has 1 aromatic heterocycles. The molecule has 10 heteroatoms. The SMILES string of the molecule is CCO[C@@H](CCO[Si](C(C)C)(C(C)C)C(C)C)c1ccc(OCc2ccc(Cl)c(-c3ccc(OCCN4C(=O)c5ccccc5C4=O)nc3)c2)cc1. The molecule has 4 aromatic rings. The van der Waals surface area contributed by atoms with E-state index >= 15 is 0 Å². The van der Waals surface area contributed by atoms with Gasteiger partial charge in [-0.05, 0) is 83.6 Å². The topological polar surface area (TPSA) is 87.2 Å². The van der Waals surface area contributed by atoms with Crippen LogP contribution in [0.1, 0.15) is 92.8 Å². The lowest BCUT2D eigenvalue weighted by atomic mass is 10.0. The van der Waals surface area contributed by atoms with Crippen LogP contribution in [0.25, 0.3) is 11.1 Å². The van der Waals surface area contributed by atoms with Gasteiger partial charge >= 0.3 is 0 Å². The van der Waals surface area contributed by atoms with Gasteiger partial charge in [0.25, 0.3) is 11.8 Å². The Balaban J connectivity index is 1.14. The van der Waals surface area contributed by atoms with Crippen LogP contribution in [0.4, 0.5) is 0 Å². The van der Waals surface area contributed by atoms with E-state index in [4.69, 9.17) is 30.2 Å². The highest BCUT2D eigenvalue weighted by molar-refractivity contribution is 6.77. The molecular formula is C42H51ClN2O6Si. The van der Waals surface area contributed by atoms with Crippen LogP contribution in [0.15, 0.2) is 85.1 Å². The third-order valence-corrected chi connectivity index (χ3v) is 16.4. The summed E-state index contributed by atoms with van der Waals surface area (Å²) in [5.41, 5.74) is 6.19. The van der Waals surface area contributed by atoms with E-state index in [9.17, 15) is 9.59 Å². The van der Waals surface area contributed by atoms with Crippen LogP contribution in [0.2, 0.25) is 21.6 Å². The van der Waals surface area contributed by atoms with E-state index in [-0.39, 0.29) is 31.1 Å². The van der Waals surface area contributed by atoms with Crippen LogP contribution in [-0.4, -0.2) is 56.4 Å². The number of benzene rings is 3. The molecule has 0 bridgehead atoms. The van der Waals surface area contributed by atoms with E-state index in [0.29, 0.717) is 58.5 Å². The molecule has 276 valence electrons. The zero-order valence-electron chi connectivity index (χ0n) is 31.4. The van der Waals surface area contributed by atoms with Gasteiger partial charge in [-0.1, -0.05) is 83.5 Å². The number of amides is 2. The molecule has 1 aliphatic rings. The first kappa shape index (κ1) is 39.2. The first-order chi connectivity index (χ1) is 25.0. The van der Waals surface area contributed by atoms with E-state index in [1.165, 1.54) is 4.90 Å². The third kappa shape index (κ3) is 8.77. The minimum absolute atomic E-state index is 0.0437. The van der Waals surface area contributed by atoms with Gasteiger partial charge < -0.3 is 18.6 Å². The van der Waals surface area contributed by atoms with E-state index in [1.54, 1.807) is 36.5 Å². The molecule has 0 radical (unpaired) electrons. The van der Waals surface area contributed by atoms with Crippen molar-refractivity contribution in [2.24, 2.45) is 0 Å². The molecule has 8 nitrogen and oxygen atoms in total. The van der Waals surface area contributed by atoms with Gasteiger partial charge in [-0.2, -0.15) is 0 Å². The normalized spacial score (nSPS) is 13.7. The van der Waals surface area contributed by atoms with E-state index in [0.717, 1.165) is 34.4 Å². The number of hydrogen-bond acceptors (Lipinski definition) is 7. The Morgan fingerprint density at radius 1 is 0.769 bits per heavy atom. The van der Waals surface area contributed by atoms with Crippen molar-refractivity contribution in [2.45, 2.75) is 84.2 Å². The van der Waals surface area contributed by atoms with Crippen LogP contribution >= 0.6 is 11.6 Å². The van der Waals surface area contributed by atoms with Crippen molar-refractivity contribution in [3.05, 3.63) is 112 Å². The lowest BCUT2D eigenvalue weighted by molar-refractivity contribution is 0.0439. The number of carbonyl (C=O) groups is 2. The summed E-state index contributed by atoms with van der Waals surface area (Å²) < 4.78 is 24.9. The maximum atomic E-state index is 12.6. The fourth-order valence-electron chi connectivity index (χ4n) is 7.53. The number of hydrogen-bond donors (Lipinski definition) is 0. The molecule has 0 unspecified atom stereocenters. The molecule has 0 aliphatic carbocycles. The zero-order valence-corrected chi connectivity index (χ0v) is 33.1. The molecule has 0 saturated carbocycles. The van der Waals surface area contributed by atoms with Crippen LogP contribution in [0.3, 0.4) is 0 Å². The fourth-order valence-corrected chi connectivity index (χ4v) is 13.2. The number of fused-ring (bicyclic) bond motifs is 1. The Hall–Kier alpha value is -4.02. The quantitative estimate of drug-likeness (QED) is 0.0741. The average Bonchev–Trinajstić information content (AvgIpc) is 3.37. The van der Waals surface area contributed by atoms with Gasteiger partial charge in [0, 0.05) is 41.6 Å². The first-order valence-corrected chi connectivity index (χ1v) is 20.8. The Morgan fingerprint density at radius 3 is 2.00 bits per heavy atom. The van der Waals surface area contributed by atoms with Crippen LogP contribution in [0, 0.1) is 0 Å². The molecular weight excluding hydrogens is 692 g/mol. The van der Waals surface area contributed by atoms with Crippen molar-refractivity contribution in [3.8, 4) is 22.8 Å². The standard InChI is InChI=1S/C42H51ClN2O6Si/c1-8-48-39(21-23-51-52(28(2)3,29(4)5)30(6)7)32-14-17-34(18-15-32)50-27-31-13-19-38(43)37(25-31)33-16-20-40(44-26-33)49-24-22-45-41(46)35-11-9-10-12-36(35)42(45)47/h9-20,25-26,28-30,39H,8,21-24,27H2,1-7H3/t39-/m0/s1. The molecule has 52 heavy (non-hydrogen) atoms. The smallest absolute Gasteiger partial charge is 0.261 e. The van der Waals surface area contributed by atoms with E-state index < -0.39 is 8.32 Å². The minimum Gasteiger partial charge on any atom is -0.489 e. The Kier molecular flexibility index (Phi) is 13.3. The molecule has 2 amide bonds. The molecule has 0 N–H and O–H groups in total. The van der Waals surface area contributed by atoms with Gasteiger partial charge in [-0.15, -0.1) is 0 Å². The second kappa shape index (κ2) is 17.7. The van der Waals surface area contributed by atoms with Crippen molar-refractivity contribution in [1.29, 1.82) is 0 Å². The maximum Gasteiger partial charge on any atom is 0.261 e. The molecule has 1 atom stereocenters. The highest BCUT2D eigenvalue weighted by Crippen LogP contribution is 2.42. The number of aromatic nitrogens is 1. The van der Waals surface area contributed by atoms with Crippen molar-refractivity contribution in [3.63, 3.8) is 0 Å². The molecule has 3 aromatic carbocycles. The van der Waals surface area contributed by atoms with Crippen LogP contribution < -0.4 is 9.47 Å². The van der Waals surface area contributed by atoms with Gasteiger partial charge in [0.15, 0.2) is 8.32 Å². The largest absolute Gasteiger partial charge is 0.489 e. The van der Waals surface area contributed by atoms with Gasteiger partial charge in [0.05, 0.1) is 23.8 Å². The van der Waals surface area contributed by atoms with Crippen LogP contribution in [0.5, 0.6) is 11.6 Å². The number of imide groups is 1. The number of ether oxygens (including phenoxy) is 3. The molecule has 0 saturated heterocycles. The second-order valence-corrected chi connectivity index (χ2v) is 20.0. The first-order valence-electron chi connectivity index (χ1n) is 18.3. The van der Waals surface area contributed by atoms with Crippen molar-refractivity contribution in [1.82, 2.24) is 9.88 Å². The summed E-state index contributed by atoms with van der Waals surface area (Å²) >= 11 is 6.60. The predicted octanol–water partition coefficient (Wildman–Crippen LogP) is 10.3. The predicted molar refractivity (Wildman–Crippen MR) is 209 cm³/mol. The van der Waals surface area contributed by atoms with E-state index in [1.807, 2.05) is 43.3 Å². The molecule has 0 fully saturated rings. The van der Waals surface area contributed by atoms with E-state index in [2.05, 4.69) is 58.7 Å². The van der Waals surface area contributed by atoms with Gasteiger partial charge in [0.1, 0.15) is 19.0 Å². The highest BCUT2D eigenvalue weighted by Gasteiger charge is 2.45. The third-order valence-electron chi connectivity index (χ3n) is 9.99. The summed E-state index contributed by atoms with van der Waals surface area (Å²) in [6.07, 6.45) is 2.46. The summed E-state index contributed by atoms with van der Waals surface area (Å²) in [7, 11) is -1.94. The molecule has 1 aliphatic heterocycles. The average molecular weight is 743 g/mol. The molecule has 2 heterocycles. The Morgan fingerprint density at radius 2 is 1.42 bits per heavy atom. The number of halogens is 1. The number of carbonyl (C=O) groups excluding carboxylic acids is 2. The zero-order chi connectivity index (χ0) is 37.4. The van der Waals surface area contributed by atoms with Crippen molar-refractivity contribution in [2.75, 3.05) is 26.4 Å². The molecule has 0 spiro atoms. The van der Waals surface area contributed by atoms with Crippen LogP contribution in [-0.2, 0) is 15.8 Å². The lowest BCUT2D eigenvalue weighted by Crippen LogP contribution is -2.48. The number of rotatable bonds is 18. The summed E-state index contributed by atoms with van der Waals surface area (Å²) in [6.45, 7) is 17.9. The summed E-state index contributed by atoms with van der Waals surface area (Å²) in [5.74, 6) is 0.534. The monoisotopic (exact) mass is 742 g/mol.